The largest absolute Gasteiger partial charge is 0.486 e. The Kier molecular flexibility index (Phi) is 4.14. The van der Waals surface area contributed by atoms with Crippen molar-refractivity contribution in [2.45, 2.75) is 11.9 Å². The number of nitrogens with zero attached hydrogens (tertiary/aromatic N) is 4. The highest BCUT2D eigenvalue weighted by Gasteiger charge is 2.13. The van der Waals surface area contributed by atoms with E-state index in [1.165, 1.54) is 11.8 Å². The van der Waals surface area contributed by atoms with E-state index < -0.39 is 0 Å². The maximum atomic E-state index is 12.2. The van der Waals surface area contributed by atoms with Crippen LogP contribution in [0, 0.1) is 6.92 Å². The van der Waals surface area contributed by atoms with E-state index in [9.17, 15) is 4.79 Å². The lowest BCUT2D eigenvalue weighted by Gasteiger charge is -2.18. The molecule has 2 aromatic heterocycles. The Labute approximate surface area is 147 Å². The Morgan fingerprint density at radius 1 is 1.20 bits per heavy atom. The number of aryl methyl sites for hydroxylation is 1. The molecule has 1 amide bonds. The number of thioether (sulfide) groups is 1. The molecule has 0 fully saturated rings. The summed E-state index contributed by atoms with van der Waals surface area (Å²) in [5.74, 6) is 2.17. The Bertz CT molecular complexity index is 943. The molecule has 0 atom stereocenters. The maximum absolute atomic E-state index is 12.2. The number of hydrogen-bond acceptors (Lipinski definition) is 7. The number of anilines is 1. The van der Waals surface area contributed by atoms with Gasteiger partial charge in [0.2, 0.25) is 5.91 Å². The summed E-state index contributed by atoms with van der Waals surface area (Å²) < 4.78 is 12.6. The minimum atomic E-state index is -0.121. The molecule has 9 heteroatoms. The van der Waals surface area contributed by atoms with Crippen molar-refractivity contribution in [2.75, 3.05) is 24.3 Å². The summed E-state index contributed by atoms with van der Waals surface area (Å²) in [7, 11) is 0. The van der Waals surface area contributed by atoms with Crippen LogP contribution in [0.2, 0.25) is 0 Å². The topological polar surface area (TPSA) is 90.6 Å². The van der Waals surface area contributed by atoms with Crippen LogP contribution in [0.25, 0.3) is 5.65 Å². The number of nitrogens with one attached hydrogen (secondary N) is 1. The number of rotatable bonds is 4. The van der Waals surface area contributed by atoms with Crippen LogP contribution in [0.3, 0.4) is 0 Å². The molecule has 3 heterocycles. The Morgan fingerprint density at radius 2 is 2.04 bits per heavy atom. The summed E-state index contributed by atoms with van der Waals surface area (Å²) >= 11 is 1.35. The van der Waals surface area contributed by atoms with Crippen molar-refractivity contribution < 1.29 is 14.3 Å². The van der Waals surface area contributed by atoms with Gasteiger partial charge in [0.05, 0.1) is 5.75 Å². The standard InChI is InChI=1S/C16H15N5O3S/c1-10-18-19-14-4-5-16(20-21(10)14)25-9-15(22)17-11-2-3-12-13(8-11)24-7-6-23-12/h2-5,8H,6-7,9H2,1H3,(H,17,22). The zero-order valence-corrected chi connectivity index (χ0v) is 14.2. The lowest BCUT2D eigenvalue weighted by Crippen LogP contribution is -2.17. The molecule has 0 bridgehead atoms. The lowest BCUT2D eigenvalue weighted by molar-refractivity contribution is -0.113. The highest BCUT2D eigenvalue weighted by molar-refractivity contribution is 7.99. The van der Waals surface area contributed by atoms with Gasteiger partial charge in [-0.05, 0) is 31.2 Å². The van der Waals surface area contributed by atoms with Gasteiger partial charge in [-0.1, -0.05) is 11.8 Å². The number of ether oxygens (including phenoxy) is 2. The maximum Gasteiger partial charge on any atom is 0.234 e. The van der Waals surface area contributed by atoms with Crippen LogP contribution >= 0.6 is 11.8 Å². The second kappa shape index (κ2) is 6.60. The molecular formula is C16H15N5O3S. The van der Waals surface area contributed by atoms with Crippen molar-refractivity contribution in [1.29, 1.82) is 0 Å². The fourth-order valence-corrected chi connectivity index (χ4v) is 3.07. The first-order valence-corrected chi connectivity index (χ1v) is 8.69. The molecule has 3 aromatic rings. The third-order valence-electron chi connectivity index (χ3n) is 3.57. The highest BCUT2D eigenvalue weighted by atomic mass is 32.2. The summed E-state index contributed by atoms with van der Waals surface area (Å²) in [5, 5.41) is 15.9. The van der Waals surface area contributed by atoms with Crippen molar-refractivity contribution in [2.24, 2.45) is 0 Å². The van der Waals surface area contributed by atoms with E-state index in [0.29, 0.717) is 41.9 Å². The van der Waals surface area contributed by atoms with Gasteiger partial charge in [0.15, 0.2) is 23.0 Å². The normalized spacial score (nSPS) is 13.0. The van der Waals surface area contributed by atoms with E-state index in [0.717, 1.165) is 5.03 Å². The van der Waals surface area contributed by atoms with Crippen molar-refractivity contribution in [3.63, 3.8) is 0 Å². The van der Waals surface area contributed by atoms with Crippen LogP contribution in [-0.2, 0) is 4.79 Å². The van der Waals surface area contributed by atoms with Gasteiger partial charge in [0.1, 0.15) is 18.2 Å². The third kappa shape index (κ3) is 3.36. The van der Waals surface area contributed by atoms with E-state index in [1.54, 1.807) is 22.7 Å². The van der Waals surface area contributed by atoms with Crippen LogP contribution in [0.4, 0.5) is 5.69 Å². The van der Waals surface area contributed by atoms with E-state index >= 15 is 0 Å². The van der Waals surface area contributed by atoms with Crippen LogP contribution in [0.5, 0.6) is 11.5 Å². The predicted octanol–water partition coefficient (Wildman–Crippen LogP) is 1.93. The Morgan fingerprint density at radius 3 is 2.92 bits per heavy atom. The van der Waals surface area contributed by atoms with Gasteiger partial charge in [0.25, 0.3) is 0 Å². The van der Waals surface area contributed by atoms with E-state index in [-0.39, 0.29) is 11.7 Å². The van der Waals surface area contributed by atoms with E-state index in [4.69, 9.17) is 9.47 Å². The first-order chi connectivity index (χ1) is 12.2. The molecule has 0 unspecified atom stereocenters. The molecule has 0 radical (unpaired) electrons. The van der Waals surface area contributed by atoms with Crippen LogP contribution < -0.4 is 14.8 Å². The van der Waals surface area contributed by atoms with E-state index in [2.05, 4.69) is 20.6 Å². The van der Waals surface area contributed by atoms with Crippen molar-refractivity contribution in [3.8, 4) is 11.5 Å². The van der Waals surface area contributed by atoms with Gasteiger partial charge >= 0.3 is 0 Å². The molecule has 1 aromatic carbocycles. The molecule has 1 N–H and O–H groups in total. The second-order valence-corrected chi connectivity index (χ2v) is 6.38. The monoisotopic (exact) mass is 357 g/mol. The minimum Gasteiger partial charge on any atom is -0.486 e. The summed E-state index contributed by atoms with van der Waals surface area (Å²) in [4.78, 5) is 12.2. The molecule has 0 aliphatic carbocycles. The number of carbonyl (C=O) groups excluding carboxylic acids is 1. The van der Waals surface area contributed by atoms with Gasteiger partial charge in [-0.25, -0.2) is 0 Å². The zero-order valence-electron chi connectivity index (χ0n) is 13.4. The first kappa shape index (κ1) is 15.7. The summed E-state index contributed by atoms with van der Waals surface area (Å²) in [5.41, 5.74) is 1.36. The average molecular weight is 357 g/mol. The van der Waals surface area contributed by atoms with Gasteiger partial charge in [-0.2, -0.15) is 9.61 Å². The smallest absolute Gasteiger partial charge is 0.234 e. The molecule has 8 nitrogen and oxygen atoms in total. The summed E-state index contributed by atoms with van der Waals surface area (Å²) in [6.07, 6.45) is 0. The number of fused-ring (bicyclic) bond motifs is 2. The number of carbonyl (C=O) groups is 1. The summed E-state index contributed by atoms with van der Waals surface area (Å²) in [6.45, 7) is 2.88. The zero-order chi connectivity index (χ0) is 17.2. The third-order valence-corrected chi connectivity index (χ3v) is 4.49. The average Bonchev–Trinajstić information content (AvgIpc) is 3.00. The quantitative estimate of drug-likeness (QED) is 0.714. The van der Waals surface area contributed by atoms with Gasteiger partial charge in [-0.15, -0.1) is 10.2 Å². The van der Waals surface area contributed by atoms with Crippen molar-refractivity contribution in [1.82, 2.24) is 19.8 Å². The van der Waals surface area contributed by atoms with E-state index in [1.807, 2.05) is 19.1 Å². The number of hydrogen-bond donors (Lipinski definition) is 1. The van der Waals surface area contributed by atoms with Gasteiger partial charge in [0, 0.05) is 11.8 Å². The molecule has 0 saturated heterocycles. The van der Waals surface area contributed by atoms with Gasteiger partial charge < -0.3 is 14.8 Å². The molecular weight excluding hydrogens is 342 g/mol. The molecule has 25 heavy (non-hydrogen) atoms. The molecule has 0 spiro atoms. The number of benzene rings is 1. The van der Waals surface area contributed by atoms with Crippen LogP contribution in [0.15, 0.2) is 35.4 Å². The van der Waals surface area contributed by atoms with Crippen molar-refractivity contribution >= 4 is 29.0 Å². The Balaban J connectivity index is 1.39. The second-order valence-electron chi connectivity index (χ2n) is 5.38. The minimum absolute atomic E-state index is 0.121. The van der Waals surface area contributed by atoms with Gasteiger partial charge in [-0.3, -0.25) is 4.79 Å². The molecule has 1 aliphatic heterocycles. The number of aromatic nitrogens is 4. The molecule has 4 rings (SSSR count). The lowest BCUT2D eigenvalue weighted by atomic mass is 10.2. The van der Waals surface area contributed by atoms with Crippen LogP contribution in [-0.4, -0.2) is 44.7 Å². The SMILES string of the molecule is Cc1nnc2ccc(SCC(=O)Nc3ccc4c(c3)OCCO4)nn12. The summed E-state index contributed by atoms with van der Waals surface area (Å²) in [6, 6.07) is 9.00. The predicted molar refractivity (Wildman–Crippen MR) is 92.3 cm³/mol. The molecule has 1 aliphatic rings. The fourth-order valence-electron chi connectivity index (χ4n) is 2.41. The first-order valence-electron chi connectivity index (χ1n) is 7.70. The van der Waals surface area contributed by atoms with Crippen LogP contribution in [0.1, 0.15) is 5.82 Å². The highest BCUT2D eigenvalue weighted by Crippen LogP contribution is 2.32. The molecule has 128 valence electrons. The Hall–Kier alpha value is -2.81. The molecule has 0 saturated carbocycles. The fraction of sp³-hybridized carbons (Fsp3) is 0.250. The van der Waals surface area contributed by atoms with Crippen molar-refractivity contribution in [3.05, 3.63) is 36.2 Å². The number of amides is 1.